The fourth-order valence-electron chi connectivity index (χ4n) is 7.24. The van der Waals surface area contributed by atoms with Crippen LogP contribution in [-0.2, 0) is 14.2 Å². The van der Waals surface area contributed by atoms with E-state index in [0.717, 1.165) is 76.8 Å². The number of nitrogens with one attached hydrogen (secondary N) is 4. The molecule has 1 saturated carbocycles. The predicted octanol–water partition coefficient (Wildman–Crippen LogP) is 6.40. The Morgan fingerprint density at radius 2 is 1.66 bits per heavy atom. The van der Waals surface area contributed by atoms with Crippen LogP contribution in [0.25, 0.3) is 11.2 Å². The Morgan fingerprint density at radius 3 is 2.34 bits per heavy atom. The van der Waals surface area contributed by atoms with Gasteiger partial charge in [0.05, 0.1) is 18.6 Å². The zero-order valence-electron chi connectivity index (χ0n) is 34.6. The minimum atomic E-state index is -0.638. The molecule has 312 valence electrons. The third-order valence-electron chi connectivity index (χ3n) is 10.00. The van der Waals surface area contributed by atoms with Crippen molar-refractivity contribution in [2.75, 3.05) is 75.7 Å². The van der Waals surface area contributed by atoms with Gasteiger partial charge in [0.15, 0.2) is 17.0 Å². The number of amides is 2. The molecule has 0 spiro atoms. The van der Waals surface area contributed by atoms with Crippen LogP contribution in [0.4, 0.5) is 21.4 Å². The zero-order valence-corrected chi connectivity index (χ0v) is 34.6. The van der Waals surface area contributed by atoms with E-state index < -0.39 is 11.2 Å². The lowest BCUT2D eigenvalue weighted by atomic mass is 9.94. The molecule has 17 nitrogen and oxygen atoms in total. The van der Waals surface area contributed by atoms with Crippen molar-refractivity contribution in [3.05, 3.63) is 18.2 Å². The number of imidazole rings is 1. The van der Waals surface area contributed by atoms with Crippen molar-refractivity contribution in [3.63, 3.8) is 0 Å². The summed E-state index contributed by atoms with van der Waals surface area (Å²) in [7, 11) is 0. The van der Waals surface area contributed by atoms with Gasteiger partial charge in [-0.25, -0.2) is 20.1 Å². The first-order valence-electron chi connectivity index (χ1n) is 20.6. The van der Waals surface area contributed by atoms with Crippen LogP contribution in [0.5, 0.6) is 0 Å². The SMILES string of the molecule is CC(C)(C)OC(=O)N(CCCN/C=C(/CNc1nc(N2CCNCC2)nc2c1ncn2C1CCCCO1)N=N)CCCN(C(=O)OC(C)(C)C)C1CCCCC1. The lowest BCUT2D eigenvalue weighted by Gasteiger charge is -2.36. The Balaban J connectivity index is 1.18. The van der Waals surface area contributed by atoms with Crippen molar-refractivity contribution in [1.29, 1.82) is 5.53 Å². The second-order valence-corrected chi connectivity index (χ2v) is 16.9. The number of anilines is 2. The molecule has 0 radical (unpaired) electrons. The molecule has 1 unspecified atom stereocenters. The summed E-state index contributed by atoms with van der Waals surface area (Å²) in [6.07, 6.45) is 12.3. The molecule has 3 aliphatic rings. The highest BCUT2D eigenvalue weighted by Gasteiger charge is 2.30. The van der Waals surface area contributed by atoms with Crippen molar-refractivity contribution >= 4 is 35.1 Å². The number of nitrogens with zero attached hydrogens (tertiary/aromatic N) is 8. The van der Waals surface area contributed by atoms with Crippen LogP contribution in [-0.4, -0.2) is 124 Å². The Bertz CT molecular complexity index is 1600. The van der Waals surface area contributed by atoms with Crippen LogP contribution < -0.4 is 20.9 Å². The fraction of sp³-hybridized carbons (Fsp3) is 0.769. The first-order chi connectivity index (χ1) is 26.8. The highest BCUT2D eigenvalue weighted by molar-refractivity contribution is 5.84. The molecule has 2 aliphatic heterocycles. The van der Waals surface area contributed by atoms with Gasteiger partial charge in [-0.05, 0) is 86.5 Å². The second-order valence-electron chi connectivity index (χ2n) is 16.9. The van der Waals surface area contributed by atoms with Gasteiger partial charge in [0, 0.05) is 71.2 Å². The normalized spacial score (nSPS) is 18.7. The van der Waals surface area contributed by atoms with Crippen molar-refractivity contribution < 1.29 is 23.8 Å². The minimum Gasteiger partial charge on any atom is -0.444 e. The maximum absolute atomic E-state index is 13.3. The molecule has 2 aromatic rings. The number of fused-ring (bicyclic) bond motifs is 1. The van der Waals surface area contributed by atoms with E-state index in [1.807, 2.05) is 51.0 Å². The zero-order chi connectivity index (χ0) is 40.1. The second kappa shape index (κ2) is 20.3. The molecule has 2 amide bonds. The third-order valence-corrected chi connectivity index (χ3v) is 10.00. The van der Waals surface area contributed by atoms with Crippen LogP contribution in [0, 0.1) is 5.53 Å². The number of hydrogen-bond donors (Lipinski definition) is 4. The monoisotopic (exact) mass is 783 g/mol. The molecular weight excluding hydrogens is 717 g/mol. The first-order valence-corrected chi connectivity index (χ1v) is 20.6. The minimum absolute atomic E-state index is 0.116. The van der Waals surface area contributed by atoms with Gasteiger partial charge in [0.1, 0.15) is 17.4 Å². The quantitative estimate of drug-likeness (QED) is 0.109. The fourth-order valence-corrected chi connectivity index (χ4v) is 7.24. The van der Waals surface area contributed by atoms with Gasteiger partial charge in [-0.2, -0.15) is 15.1 Å². The van der Waals surface area contributed by atoms with Gasteiger partial charge < -0.3 is 44.9 Å². The number of hydrogen-bond acceptors (Lipinski definition) is 14. The molecular formula is C39H66N12O5. The molecule has 56 heavy (non-hydrogen) atoms. The first kappa shape index (κ1) is 42.9. The Labute approximate surface area is 332 Å². The Kier molecular flexibility index (Phi) is 15.5. The van der Waals surface area contributed by atoms with Crippen LogP contribution in [0.2, 0.25) is 0 Å². The summed E-state index contributed by atoms with van der Waals surface area (Å²) in [6.45, 7) is 17.5. The van der Waals surface area contributed by atoms with Crippen molar-refractivity contribution in [1.82, 2.24) is 40.0 Å². The van der Waals surface area contributed by atoms with E-state index in [0.29, 0.717) is 68.6 Å². The number of ether oxygens (including phenoxy) is 3. The van der Waals surface area contributed by atoms with Crippen LogP contribution in [0.1, 0.15) is 112 Å². The maximum atomic E-state index is 13.3. The summed E-state index contributed by atoms with van der Waals surface area (Å²) in [4.78, 5) is 46.8. The molecule has 17 heteroatoms. The van der Waals surface area contributed by atoms with Gasteiger partial charge in [0.2, 0.25) is 5.95 Å². The molecule has 1 aliphatic carbocycles. The largest absolute Gasteiger partial charge is 0.444 e. The molecule has 2 aromatic heterocycles. The van der Waals surface area contributed by atoms with Gasteiger partial charge in [-0.1, -0.05) is 19.3 Å². The van der Waals surface area contributed by atoms with Gasteiger partial charge >= 0.3 is 12.2 Å². The molecule has 2 saturated heterocycles. The van der Waals surface area contributed by atoms with Crippen molar-refractivity contribution in [2.24, 2.45) is 5.11 Å². The van der Waals surface area contributed by atoms with Crippen molar-refractivity contribution in [2.45, 2.75) is 129 Å². The molecule has 3 fully saturated rings. The summed E-state index contributed by atoms with van der Waals surface area (Å²) >= 11 is 0. The molecule has 4 heterocycles. The summed E-state index contributed by atoms with van der Waals surface area (Å²) in [6, 6.07) is 0.152. The van der Waals surface area contributed by atoms with Crippen molar-refractivity contribution in [3.8, 4) is 0 Å². The average Bonchev–Trinajstić information content (AvgIpc) is 3.60. The lowest BCUT2D eigenvalue weighted by Crippen LogP contribution is -2.46. The molecule has 0 bridgehead atoms. The number of carbonyl (C=O) groups excluding carboxylic acids is 2. The van der Waals surface area contributed by atoms with E-state index in [2.05, 4.69) is 30.9 Å². The highest BCUT2D eigenvalue weighted by atomic mass is 16.6. The van der Waals surface area contributed by atoms with E-state index in [4.69, 9.17) is 29.7 Å². The summed E-state index contributed by atoms with van der Waals surface area (Å²) < 4.78 is 19.6. The molecule has 5 rings (SSSR count). The molecule has 4 N–H and O–H groups in total. The van der Waals surface area contributed by atoms with Crippen LogP contribution >= 0.6 is 0 Å². The van der Waals surface area contributed by atoms with Gasteiger partial charge in [-0.15, -0.1) is 0 Å². The van der Waals surface area contributed by atoms with E-state index in [9.17, 15) is 9.59 Å². The standard InChI is InChI=1S/C39H66N12O5/c1-38(2,3)55-36(52)49(21-13-22-50(30-14-8-7-9-15-30)37(53)56-39(4,5)6)20-12-17-42-26-29(47-40)27-43-33-32-34(46-35(45-33)48-23-18-41-19-24-48)51(28-44-32)31-16-10-11-25-54-31/h26,28,30-31,40-42H,7-25,27H2,1-6H3,(H,43,45,46)/b29-26-,47-40?. The van der Waals surface area contributed by atoms with E-state index in [1.165, 1.54) is 6.42 Å². The number of aromatic nitrogens is 4. The van der Waals surface area contributed by atoms with Crippen LogP contribution in [0.3, 0.4) is 0 Å². The van der Waals surface area contributed by atoms with E-state index in [-0.39, 0.29) is 31.0 Å². The number of rotatable bonds is 16. The number of carbonyl (C=O) groups is 2. The topological polar surface area (TPSA) is 187 Å². The Morgan fingerprint density at radius 1 is 0.964 bits per heavy atom. The average molecular weight is 783 g/mol. The van der Waals surface area contributed by atoms with Crippen LogP contribution in [0.15, 0.2) is 23.3 Å². The maximum Gasteiger partial charge on any atom is 0.410 e. The van der Waals surface area contributed by atoms with E-state index >= 15 is 0 Å². The van der Waals surface area contributed by atoms with Gasteiger partial charge in [-0.3, -0.25) is 4.57 Å². The van der Waals surface area contributed by atoms with E-state index in [1.54, 1.807) is 17.4 Å². The smallest absolute Gasteiger partial charge is 0.410 e. The van der Waals surface area contributed by atoms with Gasteiger partial charge in [0.25, 0.3) is 0 Å². The summed E-state index contributed by atoms with van der Waals surface area (Å²) in [5.74, 6) is 1.21. The lowest BCUT2D eigenvalue weighted by molar-refractivity contribution is -0.0298. The third kappa shape index (κ3) is 12.9. The number of piperazine rings is 1. The molecule has 0 aromatic carbocycles. The predicted molar refractivity (Wildman–Crippen MR) is 216 cm³/mol. The highest BCUT2D eigenvalue weighted by Crippen LogP contribution is 2.30. The molecule has 1 atom stereocenters. The summed E-state index contributed by atoms with van der Waals surface area (Å²) in [5, 5.41) is 13.8. The summed E-state index contributed by atoms with van der Waals surface area (Å²) in [5.41, 5.74) is 8.49. The Hall–Kier alpha value is -4.25.